The lowest BCUT2D eigenvalue weighted by Gasteiger charge is -2.21. The fourth-order valence-electron chi connectivity index (χ4n) is 3.58. The van der Waals surface area contributed by atoms with Gasteiger partial charge in [0.25, 0.3) is 11.8 Å². The Morgan fingerprint density at radius 1 is 0.800 bits per heavy atom. The topological polar surface area (TPSA) is 90.5 Å². The zero-order chi connectivity index (χ0) is 25.0. The summed E-state index contributed by atoms with van der Waals surface area (Å²) in [5, 5.41) is 8.76. The number of amides is 3. The summed E-state index contributed by atoms with van der Waals surface area (Å²) < 4.78 is 0. The number of para-hydroxylation sites is 1. The fourth-order valence-corrected chi connectivity index (χ4v) is 3.58. The fraction of sp³-hybridized carbons (Fsp3) is 0.250. The molecular weight excluding hydrogens is 440 g/mol. The Morgan fingerprint density at radius 2 is 1.49 bits per heavy atom. The number of benzene rings is 3. The minimum Gasteiger partial charge on any atom is -0.376 e. The first-order chi connectivity index (χ1) is 17.0. The van der Waals surface area contributed by atoms with Gasteiger partial charge in [0, 0.05) is 41.3 Å². The maximum atomic E-state index is 13.1. The van der Waals surface area contributed by atoms with Crippen LogP contribution < -0.4 is 20.9 Å². The minimum atomic E-state index is -0.261. The average molecular weight is 473 g/mol. The highest BCUT2D eigenvalue weighted by molar-refractivity contribution is 6.07. The predicted octanol–water partition coefficient (Wildman–Crippen LogP) is 4.93. The molecule has 7 heteroatoms. The number of carbonyl (C=O) groups excluding carboxylic acids is 3. The summed E-state index contributed by atoms with van der Waals surface area (Å²) in [5.74, 6) is -0.533. The van der Waals surface area contributed by atoms with Gasteiger partial charge in [-0.25, -0.2) is 0 Å². The minimum absolute atomic E-state index is 0.0180. The van der Waals surface area contributed by atoms with Gasteiger partial charge in [0.15, 0.2) is 0 Å². The Balaban J connectivity index is 1.58. The molecule has 3 amide bonds. The van der Waals surface area contributed by atoms with E-state index in [1.54, 1.807) is 53.4 Å². The van der Waals surface area contributed by atoms with E-state index < -0.39 is 0 Å². The van der Waals surface area contributed by atoms with E-state index in [1.807, 2.05) is 37.3 Å². The third-order valence-electron chi connectivity index (χ3n) is 5.42. The maximum absolute atomic E-state index is 13.1. The van der Waals surface area contributed by atoms with Crippen molar-refractivity contribution >= 4 is 34.8 Å². The van der Waals surface area contributed by atoms with Gasteiger partial charge < -0.3 is 20.9 Å². The van der Waals surface area contributed by atoms with Gasteiger partial charge >= 0.3 is 0 Å². The molecule has 0 aliphatic heterocycles. The first-order valence-electron chi connectivity index (χ1n) is 11.9. The van der Waals surface area contributed by atoms with E-state index in [-0.39, 0.29) is 24.3 Å². The van der Waals surface area contributed by atoms with Gasteiger partial charge in [-0.1, -0.05) is 43.7 Å². The number of carbonyl (C=O) groups is 3. The molecule has 0 saturated heterocycles. The van der Waals surface area contributed by atoms with Gasteiger partial charge in [0.1, 0.15) is 0 Å². The summed E-state index contributed by atoms with van der Waals surface area (Å²) in [7, 11) is 0. The molecule has 0 radical (unpaired) electrons. The molecule has 0 unspecified atom stereocenters. The van der Waals surface area contributed by atoms with E-state index in [2.05, 4.69) is 22.9 Å². The number of nitrogens with one attached hydrogen (secondary N) is 3. The van der Waals surface area contributed by atoms with E-state index in [1.165, 1.54) is 0 Å². The second-order valence-electron chi connectivity index (χ2n) is 8.06. The molecular formula is C28H32N4O3. The number of anilines is 3. The summed E-state index contributed by atoms with van der Waals surface area (Å²) >= 11 is 0. The maximum Gasteiger partial charge on any atom is 0.258 e. The molecule has 182 valence electrons. The van der Waals surface area contributed by atoms with Crippen molar-refractivity contribution in [3.8, 4) is 0 Å². The van der Waals surface area contributed by atoms with Crippen molar-refractivity contribution in [3.05, 3.63) is 90.0 Å². The zero-order valence-electron chi connectivity index (χ0n) is 20.2. The van der Waals surface area contributed by atoms with Crippen molar-refractivity contribution in [2.75, 3.05) is 35.2 Å². The van der Waals surface area contributed by atoms with Crippen molar-refractivity contribution in [2.24, 2.45) is 0 Å². The van der Waals surface area contributed by atoms with Crippen LogP contribution in [0.5, 0.6) is 0 Å². The molecule has 0 spiro atoms. The zero-order valence-corrected chi connectivity index (χ0v) is 20.2. The van der Waals surface area contributed by atoms with E-state index in [9.17, 15) is 14.4 Å². The first kappa shape index (κ1) is 25.5. The van der Waals surface area contributed by atoms with Crippen molar-refractivity contribution in [2.45, 2.75) is 26.7 Å². The standard InChI is InChI=1S/C28H32N4O3/c1-3-5-17-29-27(34)21-11-9-13-23(18-21)30-20-26(33)31-24-14-10-12-22(19-24)28(35)32(4-2)25-15-7-6-8-16-25/h6-16,18-19,30H,3-5,17,20H2,1-2H3,(H,29,34)(H,31,33). The molecule has 0 aliphatic rings. The van der Waals surface area contributed by atoms with Crippen molar-refractivity contribution in [1.82, 2.24) is 5.32 Å². The van der Waals surface area contributed by atoms with Crippen LogP contribution in [0.4, 0.5) is 17.1 Å². The van der Waals surface area contributed by atoms with Crippen molar-refractivity contribution < 1.29 is 14.4 Å². The molecule has 0 heterocycles. The molecule has 7 nitrogen and oxygen atoms in total. The SMILES string of the molecule is CCCCNC(=O)c1cccc(NCC(=O)Nc2cccc(C(=O)N(CC)c3ccccc3)c2)c1. The number of unbranched alkanes of at least 4 members (excludes halogenated alkanes) is 1. The van der Waals surface area contributed by atoms with Crippen LogP contribution >= 0.6 is 0 Å². The highest BCUT2D eigenvalue weighted by Gasteiger charge is 2.16. The lowest BCUT2D eigenvalue weighted by Crippen LogP contribution is -2.30. The van der Waals surface area contributed by atoms with Crippen LogP contribution in [0.2, 0.25) is 0 Å². The molecule has 3 N–H and O–H groups in total. The molecule has 35 heavy (non-hydrogen) atoms. The first-order valence-corrected chi connectivity index (χ1v) is 11.9. The van der Waals surface area contributed by atoms with E-state index in [0.29, 0.717) is 35.6 Å². The summed E-state index contributed by atoms with van der Waals surface area (Å²) in [5.41, 5.74) is 3.06. The van der Waals surface area contributed by atoms with Gasteiger partial charge in [0.05, 0.1) is 6.54 Å². The number of rotatable bonds is 11. The average Bonchev–Trinajstić information content (AvgIpc) is 2.89. The lowest BCUT2D eigenvalue weighted by molar-refractivity contribution is -0.114. The Bertz CT molecular complexity index is 1150. The van der Waals surface area contributed by atoms with E-state index in [0.717, 1.165) is 18.5 Å². The molecule has 0 bridgehead atoms. The van der Waals surface area contributed by atoms with Crippen LogP contribution in [0, 0.1) is 0 Å². The normalized spacial score (nSPS) is 10.3. The summed E-state index contributed by atoms with van der Waals surface area (Å²) in [6.45, 7) is 5.17. The summed E-state index contributed by atoms with van der Waals surface area (Å²) in [4.78, 5) is 39.5. The number of hydrogen-bond donors (Lipinski definition) is 3. The van der Waals surface area contributed by atoms with Crippen LogP contribution in [0.3, 0.4) is 0 Å². The molecule has 3 aromatic carbocycles. The van der Waals surface area contributed by atoms with Crippen LogP contribution in [-0.4, -0.2) is 37.4 Å². The van der Waals surface area contributed by atoms with Gasteiger partial charge in [-0.2, -0.15) is 0 Å². The lowest BCUT2D eigenvalue weighted by atomic mass is 10.1. The van der Waals surface area contributed by atoms with Gasteiger partial charge in [-0.3, -0.25) is 14.4 Å². The molecule has 0 fully saturated rings. The van der Waals surface area contributed by atoms with E-state index in [4.69, 9.17) is 0 Å². The van der Waals surface area contributed by atoms with Crippen molar-refractivity contribution in [3.63, 3.8) is 0 Å². The van der Waals surface area contributed by atoms with Gasteiger partial charge in [-0.15, -0.1) is 0 Å². The molecule has 3 aromatic rings. The second-order valence-corrected chi connectivity index (χ2v) is 8.06. The Morgan fingerprint density at radius 3 is 2.20 bits per heavy atom. The Hall–Kier alpha value is -4.13. The van der Waals surface area contributed by atoms with Gasteiger partial charge in [0.2, 0.25) is 5.91 Å². The third kappa shape index (κ3) is 7.43. The molecule has 0 atom stereocenters. The molecule has 0 aromatic heterocycles. The van der Waals surface area contributed by atoms with Crippen LogP contribution in [0.1, 0.15) is 47.4 Å². The van der Waals surface area contributed by atoms with Crippen LogP contribution in [0.25, 0.3) is 0 Å². The second kappa shape index (κ2) is 12.9. The van der Waals surface area contributed by atoms with Crippen LogP contribution in [0.15, 0.2) is 78.9 Å². The van der Waals surface area contributed by atoms with E-state index >= 15 is 0 Å². The number of nitrogens with zero attached hydrogens (tertiary/aromatic N) is 1. The number of hydrogen-bond acceptors (Lipinski definition) is 4. The summed E-state index contributed by atoms with van der Waals surface area (Å²) in [6.07, 6.45) is 1.94. The molecule has 0 aliphatic carbocycles. The summed E-state index contributed by atoms with van der Waals surface area (Å²) in [6, 6.07) is 23.4. The molecule has 0 saturated carbocycles. The molecule has 3 rings (SSSR count). The largest absolute Gasteiger partial charge is 0.376 e. The smallest absolute Gasteiger partial charge is 0.258 e. The Kier molecular flexibility index (Phi) is 9.42. The highest BCUT2D eigenvalue weighted by Crippen LogP contribution is 2.19. The third-order valence-corrected chi connectivity index (χ3v) is 5.42. The Labute approximate surface area is 206 Å². The highest BCUT2D eigenvalue weighted by atomic mass is 16.2. The van der Waals surface area contributed by atoms with Crippen LogP contribution in [-0.2, 0) is 4.79 Å². The van der Waals surface area contributed by atoms with Crippen molar-refractivity contribution in [1.29, 1.82) is 0 Å². The predicted molar refractivity (Wildman–Crippen MR) is 141 cm³/mol. The quantitative estimate of drug-likeness (QED) is 0.345. The van der Waals surface area contributed by atoms with Gasteiger partial charge in [-0.05, 0) is 61.9 Å². The monoisotopic (exact) mass is 472 g/mol.